The smallest absolute Gasteiger partial charge is 0.127 e. The lowest BCUT2D eigenvalue weighted by Crippen LogP contribution is -2.50. The number of rotatable bonds is 6. The van der Waals surface area contributed by atoms with Gasteiger partial charge in [0.15, 0.2) is 0 Å². The van der Waals surface area contributed by atoms with Gasteiger partial charge in [-0.25, -0.2) is 4.98 Å². The topological polar surface area (TPSA) is 47.1 Å². The normalized spacial score (nSPS) is 17.1. The van der Waals surface area contributed by atoms with Crippen LogP contribution in [0.5, 0.6) is 0 Å². The quantitative estimate of drug-likeness (QED) is 0.825. The Morgan fingerprint density at radius 3 is 2.59 bits per heavy atom. The molecular formula is C13H26N4. The van der Waals surface area contributed by atoms with E-state index >= 15 is 0 Å². The van der Waals surface area contributed by atoms with E-state index < -0.39 is 0 Å². The number of imidazole rings is 1. The van der Waals surface area contributed by atoms with Gasteiger partial charge in [-0.1, -0.05) is 13.8 Å². The van der Waals surface area contributed by atoms with Crippen molar-refractivity contribution in [1.82, 2.24) is 14.5 Å². The highest BCUT2D eigenvalue weighted by molar-refractivity contribution is 5.07. The molecule has 2 unspecified atom stereocenters. The van der Waals surface area contributed by atoms with Gasteiger partial charge in [-0.2, -0.15) is 0 Å². The van der Waals surface area contributed by atoms with Crippen molar-refractivity contribution >= 4 is 0 Å². The number of hydrogen-bond acceptors (Lipinski definition) is 3. The molecule has 1 heterocycles. The maximum absolute atomic E-state index is 6.44. The third-order valence-corrected chi connectivity index (χ3v) is 3.90. The van der Waals surface area contributed by atoms with Crippen molar-refractivity contribution in [2.75, 3.05) is 14.1 Å². The van der Waals surface area contributed by atoms with Crippen LogP contribution in [0.1, 0.15) is 45.5 Å². The molecule has 0 saturated heterocycles. The zero-order valence-corrected chi connectivity index (χ0v) is 11.8. The number of hydrogen-bond donors (Lipinski definition) is 1. The van der Waals surface area contributed by atoms with Crippen molar-refractivity contribution < 1.29 is 0 Å². The highest BCUT2D eigenvalue weighted by atomic mass is 15.2. The van der Waals surface area contributed by atoms with Gasteiger partial charge in [0.2, 0.25) is 0 Å². The summed E-state index contributed by atoms with van der Waals surface area (Å²) in [5.74, 6) is 0.991. The molecule has 0 aliphatic rings. The molecular weight excluding hydrogens is 212 g/mol. The minimum atomic E-state index is -0.0657. The zero-order valence-electron chi connectivity index (χ0n) is 11.8. The van der Waals surface area contributed by atoms with Crippen molar-refractivity contribution in [3.05, 3.63) is 18.2 Å². The summed E-state index contributed by atoms with van der Waals surface area (Å²) in [5.41, 5.74) is 6.38. The van der Waals surface area contributed by atoms with Gasteiger partial charge in [0.05, 0.1) is 6.04 Å². The molecule has 1 aromatic heterocycles. The minimum Gasteiger partial charge on any atom is -0.334 e. The average molecular weight is 238 g/mol. The maximum atomic E-state index is 6.44. The molecule has 0 saturated carbocycles. The monoisotopic (exact) mass is 238 g/mol. The summed E-state index contributed by atoms with van der Waals surface area (Å²) in [6, 6.07) is -0.0657. The molecule has 0 aliphatic heterocycles. The molecule has 1 rings (SSSR count). The molecule has 0 spiro atoms. The molecule has 1 aromatic rings. The first-order chi connectivity index (χ1) is 7.97. The fraction of sp³-hybridized carbons (Fsp3) is 0.769. The molecule has 0 aliphatic carbocycles. The SMILES string of the molecule is CCCn1ccnc1C(N)C(C)(CC)N(C)C. The van der Waals surface area contributed by atoms with Crippen LogP contribution in [0.25, 0.3) is 0 Å². The van der Waals surface area contributed by atoms with E-state index in [1.165, 1.54) is 0 Å². The molecule has 2 atom stereocenters. The Labute approximate surface area is 105 Å². The van der Waals surface area contributed by atoms with Gasteiger partial charge in [-0.3, -0.25) is 0 Å². The van der Waals surface area contributed by atoms with Crippen molar-refractivity contribution in [2.45, 2.75) is 51.7 Å². The third kappa shape index (κ3) is 2.69. The second-order valence-corrected chi connectivity index (χ2v) is 5.06. The molecule has 4 nitrogen and oxygen atoms in total. The van der Waals surface area contributed by atoms with E-state index in [9.17, 15) is 0 Å². The van der Waals surface area contributed by atoms with E-state index in [0.29, 0.717) is 0 Å². The van der Waals surface area contributed by atoms with E-state index in [4.69, 9.17) is 5.73 Å². The molecule has 4 heteroatoms. The highest BCUT2D eigenvalue weighted by Crippen LogP contribution is 2.29. The summed E-state index contributed by atoms with van der Waals surface area (Å²) >= 11 is 0. The summed E-state index contributed by atoms with van der Waals surface area (Å²) in [6.45, 7) is 7.52. The predicted octanol–water partition coefficient (Wildman–Crippen LogP) is 2.02. The van der Waals surface area contributed by atoms with E-state index in [2.05, 4.69) is 49.3 Å². The molecule has 0 aromatic carbocycles. The second kappa shape index (κ2) is 5.65. The Morgan fingerprint density at radius 1 is 1.47 bits per heavy atom. The van der Waals surface area contributed by atoms with Gasteiger partial charge in [-0.15, -0.1) is 0 Å². The van der Waals surface area contributed by atoms with Crippen LogP contribution in [0.3, 0.4) is 0 Å². The standard InChI is InChI=1S/C13H26N4/c1-6-9-17-10-8-15-12(17)11(14)13(3,7-2)16(4)5/h8,10-11H,6-7,9,14H2,1-5H3. The van der Waals surface area contributed by atoms with Crippen LogP contribution in [0.15, 0.2) is 12.4 Å². The fourth-order valence-electron chi connectivity index (χ4n) is 2.12. The fourth-order valence-corrected chi connectivity index (χ4v) is 2.12. The molecule has 2 N–H and O–H groups in total. The summed E-state index contributed by atoms with van der Waals surface area (Å²) in [5, 5.41) is 0. The van der Waals surface area contributed by atoms with Gasteiger partial charge in [0, 0.05) is 24.5 Å². The van der Waals surface area contributed by atoms with Crippen LogP contribution in [0.4, 0.5) is 0 Å². The Bertz CT molecular complexity index is 345. The van der Waals surface area contributed by atoms with Crippen molar-refractivity contribution in [3.63, 3.8) is 0 Å². The minimum absolute atomic E-state index is 0.0587. The van der Waals surface area contributed by atoms with E-state index in [1.807, 2.05) is 12.4 Å². The Kier molecular flexibility index (Phi) is 4.71. The lowest BCUT2D eigenvalue weighted by Gasteiger charge is -2.40. The molecule has 17 heavy (non-hydrogen) atoms. The van der Waals surface area contributed by atoms with Gasteiger partial charge < -0.3 is 15.2 Å². The van der Waals surface area contributed by atoms with E-state index in [1.54, 1.807) is 0 Å². The Hall–Kier alpha value is -0.870. The van der Waals surface area contributed by atoms with Gasteiger partial charge in [0.25, 0.3) is 0 Å². The van der Waals surface area contributed by atoms with Crippen LogP contribution in [-0.2, 0) is 6.54 Å². The van der Waals surface area contributed by atoms with Crippen LogP contribution >= 0.6 is 0 Å². The maximum Gasteiger partial charge on any atom is 0.127 e. The third-order valence-electron chi connectivity index (χ3n) is 3.90. The van der Waals surface area contributed by atoms with E-state index in [-0.39, 0.29) is 11.6 Å². The average Bonchev–Trinajstić information content (AvgIpc) is 2.75. The molecule has 0 amide bonds. The summed E-state index contributed by atoms with van der Waals surface area (Å²) in [6.07, 6.45) is 5.96. The molecule has 98 valence electrons. The summed E-state index contributed by atoms with van der Waals surface area (Å²) < 4.78 is 2.17. The van der Waals surface area contributed by atoms with Crippen molar-refractivity contribution in [3.8, 4) is 0 Å². The van der Waals surface area contributed by atoms with Crippen LogP contribution in [-0.4, -0.2) is 34.1 Å². The van der Waals surface area contributed by atoms with Crippen molar-refractivity contribution in [1.29, 1.82) is 0 Å². The number of likely N-dealkylation sites (N-methyl/N-ethyl adjacent to an activating group) is 1. The Morgan fingerprint density at radius 2 is 2.12 bits per heavy atom. The lowest BCUT2D eigenvalue weighted by atomic mass is 9.88. The second-order valence-electron chi connectivity index (χ2n) is 5.06. The first-order valence-corrected chi connectivity index (χ1v) is 6.41. The van der Waals surface area contributed by atoms with Crippen LogP contribution in [0, 0.1) is 0 Å². The van der Waals surface area contributed by atoms with Gasteiger partial charge in [-0.05, 0) is 33.9 Å². The van der Waals surface area contributed by atoms with Crippen LogP contribution < -0.4 is 5.73 Å². The van der Waals surface area contributed by atoms with Gasteiger partial charge >= 0.3 is 0 Å². The zero-order chi connectivity index (χ0) is 13.1. The highest BCUT2D eigenvalue weighted by Gasteiger charge is 2.35. The summed E-state index contributed by atoms with van der Waals surface area (Å²) in [7, 11) is 4.16. The predicted molar refractivity (Wildman–Crippen MR) is 71.8 cm³/mol. The lowest BCUT2D eigenvalue weighted by molar-refractivity contribution is 0.126. The molecule has 0 fully saturated rings. The number of aromatic nitrogens is 2. The molecule has 0 bridgehead atoms. The first kappa shape index (κ1) is 14.2. The number of aryl methyl sites for hydroxylation is 1. The Balaban J connectivity index is 3.01. The van der Waals surface area contributed by atoms with E-state index in [0.717, 1.165) is 25.2 Å². The largest absolute Gasteiger partial charge is 0.334 e. The van der Waals surface area contributed by atoms with Gasteiger partial charge in [0.1, 0.15) is 5.82 Å². The number of nitrogens with two attached hydrogens (primary N) is 1. The number of nitrogens with zero attached hydrogens (tertiary/aromatic N) is 3. The first-order valence-electron chi connectivity index (χ1n) is 6.41. The van der Waals surface area contributed by atoms with Crippen LogP contribution in [0.2, 0.25) is 0 Å². The molecule has 0 radical (unpaired) electrons. The summed E-state index contributed by atoms with van der Waals surface area (Å²) in [4.78, 5) is 6.64. The van der Waals surface area contributed by atoms with Crippen molar-refractivity contribution in [2.24, 2.45) is 5.73 Å².